The maximum atomic E-state index is 11.6. The molecule has 0 aromatic heterocycles. The summed E-state index contributed by atoms with van der Waals surface area (Å²) in [4.78, 5) is 0. The van der Waals surface area contributed by atoms with Gasteiger partial charge < -0.3 is 10.8 Å². The van der Waals surface area contributed by atoms with Crippen molar-refractivity contribution in [2.24, 2.45) is 28.4 Å². The Morgan fingerprint density at radius 2 is 1.85 bits per heavy atom. The normalized spacial score (nSPS) is 45.3. The molecular formula is C18H35NO. The van der Waals surface area contributed by atoms with Gasteiger partial charge in [-0.3, -0.25) is 0 Å². The number of rotatable bonds is 3. The molecule has 2 saturated carbocycles. The summed E-state index contributed by atoms with van der Waals surface area (Å²) in [5, 5.41) is 11.6. The quantitative estimate of drug-likeness (QED) is 0.818. The lowest BCUT2D eigenvalue weighted by Gasteiger charge is -2.58. The van der Waals surface area contributed by atoms with Crippen LogP contribution in [0.15, 0.2) is 0 Å². The van der Waals surface area contributed by atoms with E-state index in [4.69, 9.17) is 5.73 Å². The summed E-state index contributed by atoms with van der Waals surface area (Å²) in [7, 11) is 0. The van der Waals surface area contributed by atoms with E-state index in [0.717, 1.165) is 38.0 Å². The first-order valence-electron chi connectivity index (χ1n) is 8.71. The third-order valence-corrected chi connectivity index (χ3v) is 6.69. The van der Waals surface area contributed by atoms with Gasteiger partial charge in [-0.1, -0.05) is 47.0 Å². The molecule has 4 atom stereocenters. The van der Waals surface area contributed by atoms with E-state index in [1.165, 1.54) is 19.3 Å². The van der Waals surface area contributed by atoms with Crippen LogP contribution in [0.3, 0.4) is 0 Å². The van der Waals surface area contributed by atoms with Gasteiger partial charge in [0.05, 0.1) is 5.60 Å². The van der Waals surface area contributed by atoms with E-state index < -0.39 is 5.60 Å². The standard InChI is InChI=1S/C18H35NO/c1-5-15-7-6-8-17(12-15,13-19)18(20)10-9-16(3,4)11-14(18)2/h14-15,20H,5-13,19H2,1-4H3. The van der Waals surface area contributed by atoms with Crippen LogP contribution in [0.2, 0.25) is 0 Å². The highest BCUT2D eigenvalue weighted by Crippen LogP contribution is 2.57. The lowest BCUT2D eigenvalue weighted by Crippen LogP contribution is -2.60. The van der Waals surface area contributed by atoms with Crippen LogP contribution in [-0.2, 0) is 0 Å². The Kier molecular flexibility index (Phi) is 4.57. The average molecular weight is 281 g/mol. The van der Waals surface area contributed by atoms with E-state index in [0.29, 0.717) is 17.9 Å². The van der Waals surface area contributed by atoms with Crippen molar-refractivity contribution in [3.8, 4) is 0 Å². The molecule has 2 aliphatic rings. The molecule has 4 unspecified atom stereocenters. The Balaban J connectivity index is 2.25. The Hall–Kier alpha value is -0.0800. The number of nitrogens with two attached hydrogens (primary N) is 1. The summed E-state index contributed by atoms with van der Waals surface area (Å²) in [6.45, 7) is 9.88. The Bertz CT molecular complexity index is 340. The van der Waals surface area contributed by atoms with Crippen molar-refractivity contribution >= 4 is 0 Å². The molecule has 0 radical (unpaired) electrons. The first kappa shape index (κ1) is 16.3. The van der Waals surface area contributed by atoms with E-state index in [1.807, 2.05) is 0 Å². The maximum absolute atomic E-state index is 11.6. The first-order chi connectivity index (χ1) is 9.28. The predicted octanol–water partition coefficient (Wildman–Crippen LogP) is 4.11. The summed E-state index contributed by atoms with van der Waals surface area (Å²) >= 11 is 0. The van der Waals surface area contributed by atoms with Crippen LogP contribution in [-0.4, -0.2) is 17.3 Å². The van der Waals surface area contributed by atoms with Crippen LogP contribution in [0.5, 0.6) is 0 Å². The molecule has 0 amide bonds. The van der Waals surface area contributed by atoms with E-state index in [2.05, 4.69) is 27.7 Å². The molecule has 0 bridgehead atoms. The van der Waals surface area contributed by atoms with Gasteiger partial charge in [0.2, 0.25) is 0 Å². The van der Waals surface area contributed by atoms with E-state index >= 15 is 0 Å². The highest BCUT2D eigenvalue weighted by atomic mass is 16.3. The smallest absolute Gasteiger partial charge is 0.0741 e. The minimum Gasteiger partial charge on any atom is -0.389 e. The van der Waals surface area contributed by atoms with Crippen LogP contribution < -0.4 is 5.73 Å². The molecule has 2 fully saturated rings. The zero-order chi connectivity index (χ0) is 15.0. The van der Waals surface area contributed by atoms with Crippen molar-refractivity contribution in [1.29, 1.82) is 0 Å². The second-order valence-corrected chi connectivity index (χ2v) is 8.55. The molecule has 118 valence electrons. The van der Waals surface area contributed by atoms with Crippen LogP contribution in [0.1, 0.15) is 79.1 Å². The molecule has 2 rings (SSSR count). The highest BCUT2D eigenvalue weighted by molar-refractivity contribution is 5.07. The van der Waals surface area contributed by atoms with Crippen molar-refractivity contribution in [2.45, 2.75) is 84.7 Å². The van der Waals surface area contributed by atoms with Gasteiger partial charge >= 0.3 is 0 Å². The number of hydrogen-bond acceptors (Lipinski definition) is 2. The van der Waals surface area contributed by atoms with Gasteiger partial charge in [0, 0.05) is 12.0 Å². The van der Waals surface area contributed by atoms with Crippen molar-refractivity contribution in [1.82, 2.24) is 0 Å². The molecule has 2 heteroatoms. The molecule has 2 aliphatic carbocycles. The molecule has 0 aromatic rings. The molecule has 20 heavy (non-hydrogen) atoms. The minimum absolute atomic E-state index is 0.0259. The van der Waals surface area contributed by atoms with Crippen molar-refractivity contribution in [3.63, 3.8) is 0 Å². The average Bonchev–Trinajstić information content (AvgIpc) is 2.42. The summed E-state index contributed by atoms with van der Waals surface area (Å²) in [6.07, 6.45) is 9.27. The van der Waals surface area contributed by atoms with Crippen molar-refractivity contribution < 1.29 is 5.11 Å². The monoisotopic (exact) mass is 281 g/mol. The second-order valence-electron chi connectivity index (χ2n) is 8.55. The van der Waals surface area contributed by atoms with Crippen molar-refractivity contribution in [2.75, 3.05) is 6.54 Å². The molecule has 0 aliphatic heterocycles. The van der Waals surface area contributed by atoms with Gasteiger partial charge in [0.25, 0.3) is 0 Å². The van der Waals surface area contributed by atoms with Crippen LogP contribution in [0.25, 0.3) is 0 Å². The van der Waals surface area contributed by atoms with E-state index in [1.54, 1.807) is 0 Å². The molecule has 0 saturated heterocycles. The second kappa shape index (κ2) is 5.61. The van der Waals surface area contributed by atoms with Gasteiger partial charge in [-0.25, -0.2) is 0 Å². The van der Waals surface area contributed by atoms with Gasteiger partial charge in [-0.2, -0.15) is 0 Å². The first-order valence-corrected chi connectivity index (χ1v) is 8.71. The summed E-state index contributed by atoms with van der Waals surface area (Å²) in [5.41, 5.74) is 6.05. The van der Waals surface area contributed by atoms with Gasteiger partial charge in [0.1, 0.15) is 0 Å². The summed E-state index contributed by atoms with van der Waals surface area (Å²) < 4.78 is 0. The Morgan fingerprint density at radius 1 is 1.15 bits per heavy atom. The molecule has 0 heterocycles. The number of aliphatic hydroxyl groups is 1. The molecule has 0 aromatic carbocycles. The van der Waals surface area contributed by atoms with E-state index in [9.17, 15) is 5.11 Å². The lowest BCUT2D eigenvalue weighted by molar-refractivity contribution is -0.175. The molecule has 0 spiro atoms. The fourth-order valence-corrected chi connectivity index (χ4v) is 5.25. The zero-order valence-electron chi connectivity index (χ0n) is 14.0. The predicted molar refractivity (Wildman–Crippen MR) is 85.5 cm³/mol. The minimum atomic E-state index is -0.537. The summed E-state index contributed by atoms with van der Waals surface area (Å²) in [5.74, 6) is 1.13. The third-order valence-electron chi connectivity index (χ3n) is 6.69. The van der Waals surface area contributed by atoms with Crippen LogP contribution >= 0.6 is 0 Å². The highest BCUT2D eigenvalue weighted by Gasteiger charge is 2.56. The van der Waals surface area contributed by atoms with Gasteiger partial charge in [-0.15, -0.1) is 0 Å². The number of hydrogen-bond donors (Lipinski definition) is 2. The van der Waals surface area contributed by atoms with E-state index in [-0.39, 0.29) is 5.41 Å². The lowest BCUT2D eigenvalue weighted by atomic mass is 9.51. The van der Waals surface area contributed by atoms with Gasteiger partial charge in [0.15, 0.2) is 0 Å². The fourth-order valence-electron chi connectivity index (χ4n) is 5.25. The zero-order valence-corrected chi connectivity index (χ0v) is 14.0. The van der Waals surface area contributed by atoms with Crippen molar-refractivity contribution in [3.05, 3.63) is 0 Å². The van der Waals surface area contributed by atoms with Crippen LogP contribution in [0, 0.1) is 22.7 Å². The summed E-state index contributed by atoms with van der Waals surface area (Å²) in [6, 6.07) is 0. The molecular weight excluding hydrogens is 246 g/mol. The topological polar surface area (TPSA) is 46.2 Å². The molecule has 3 N–H and O–H groups in total. The van der Waals surface area contributed by atoms with Crippen LogP contribution in [0.4, 0.5) is 0 Å². The fraction of sp³-hybridized carbons (Fsp3) is 1.00. The maximum Gasteiger partial charge on any atom is 0.0741 e. The Morgan fingerprint density at radius 3 is 2.40 bits per heavy atom. The Labute approximate surface area is 125 Å². The van der Waals surface area contributed by atoms with Gasteiger partial charge in [-0.05, 0) is 49.4 Å². The largest absolute Gasteiger partial charge is 0.389 e. The molecule has 2 nitrogen and oxygen atoms in total. The third kappa shape index (κ3) is 2.66. The SMILES string of the molecule is CCC1CCCC(CN)(C2(O)CCC(C)(C)CC2C)C1.